The van der Waals surface area contributed by atoms with E-state index in [1.54, 1.807) is 0 Å². The highest BCUT2D eigenvalue weighted by molar-refractivity contribution is 7.51. The molecule has 5 heterocycles. The van der Waals surface area contributed by atoms with Crippen LogP contribution in [0.5, 0.6) is 0 Å². The molecule has 14 nitrogen and oxygen atoms in total. The van der Waals surface area contributed by atoms with Crippen molar-refractivity contribution in [3.05, 3.63) is 11.6 Å². The van der Waals surface area contributed by atoms with Crippen LogP contribution in [0.2, 0.25) is 5.28 Å². The fraction of sp³-hybridized carbons (Fsp3) is 0.700. The summed E-state index contributed by atoms with van der Waals surface area (Å²) in [6.07, 6.45) is -1.61. The number of nitrogens with one attached hydrogen (secondary N) is 1. The Bertz CT molecular complexity index is 1180. The van der Waals surface area contributed by atoms with Gasteiger partial charge in [0.15, 0.2) is 23.2 Å². The van der Waals surface area contributed by atoms with Gasteiger partial charge in [0.05, 0.1) is 18.6 Å². The van der Waals surface area contributed by atoms with Gasteiger partial charge in [-0.2, -0.15) is 9.97 Å². The highest BCUT2D eigenvalue weighted by Crippen LogP contribution is 2.40. The van der Waals surface area contributed by atoms with Crippen LogP contribution in [0.25, 0.3) is 11.2 Å². The summed E-state index contributed by atoms with van der Waals surface area (Å²) in [6.45, 7) is 0. The summed E-state index contributed by atoms with van der Waals surface area (Å²) >= 11 is 6.09. The lowest BCUT2D eigenvalue weighted by molar-refractivity contribution is -0.0355. The van der Waals surface area contributed by atoms with E-state index in [0.29, 0.717) is 12.1 Å². The Kier molecular flexibility index (Phi) is 6.98. The first-order valence-corrected chi connectivity index (χ1v) is 13.8. The minimum Gasteiger partial charge on any atom is -0.446 e. The van der Waals surface area contributed by atoms with Crippen molar-refractivity contribution in [3.8, 4) is 0 Å². The summed E-state index contributed by atoms with van der Waals surface area (Å²) in [5, 5.41) is 23.2. The fourth-order valence-corrected chi connectivity index (χ4v) is 6.15. The summed E-state index contributed by atoms with van der Waals surface area (Å²) in [5.41, 5.74) is 0.276. The smallest absolute Gasteiger partial charge is 0.413 e. The van der Waals surface area contributed by atoms with Gasteiger partial charge in [0.1, 0.15) is 18.3 Å². The van der Waals surface area contributed by atoms with E-state index < -0.39 is 44.4 Å². The molecular formula is C20H28ClN6O8P. The predicted molar refractivity (Wildman–Crippen MR) is 125 cm³/mol. The van der Waals surface area contributed by atoms with E-state index >= 15 is 0 Å². The molecule has 3 saturated heterocycles. The molecule has 3 fully saturated rings. The van der Waals surface area contributed by atoms with Crippen LogP contribution < -0.4 is 5.32 Å². The number of ether oxygens (including phenoxy) is 2. The Balaban J connectivity index is 1.31. The molecule has 7 atom stereocenters. The molecule has 3 aliphatic rings. The number of fused-ring (bicyclic) bond motifs is 3. The van der Waals surface area contributed by atoms with E-state index in [2.05, 4.69) is 32.2 Å². The van der Waals surface area contributed by atoms with Crippen LogP contribution in [0.1, 0.15) is 38.3 Å². The van der Waals surface area contributed by atoms with Crippen molar-refractivity contribution in [1.29, 1.82) is 0 Å². The number of hydrogen-bond acceptors (Lipinski definition) is 10. The SMILES string of the molecule is CN1[C@@H]2CC[C@H]1C[C@@H](OC(=O)Nc1nc(Cl)nc3c1ncn3[C@@H]1O[C@H](CCP(=O)(O)O)C(O)C1O)C2. The van der Waals surface area contributed by atoms with Gasteiger partial charge in [-0.05, 0) is 37.9 Å². The Hall–Kier alpha value is -1.90. The number of imidazole rings is 1. The van der Waals surface area contributed by atoms with Gasteiger partial charge >= 0.3 is 13.7 Å². The molecule has 16 heteroatoms. The fourth-order valence-electron chi connectivity index (χ4n) is 5.39. The van der Waals surface area contributed by atoms with E-state index in [0.717, 1.165) is 25.7 Å². The summed E-state index contributed by atoms with van der Waals surface area (Å²) in [6, 6.07) is 0.798. The Morgan fingerprint density at radius 2 is 1.94 bits per heavy atom. The van der Waals surface area contributed by atoms with Crippen LogP contribution in [0.4, 0.5) is 10.6 Å². The van der Waals surface area contributed by atoms with Gasteiger partial charge < -0.3 is 34.4 Å². The minimum atomic E-state index is -4.31. The van der Waals surface area contributed by atoms with Gasteiger partial charge in [-0.1, -0.05) is 0 Å². The first-order chi connectivity index (χ1) is 17.0. The standard InChI is InChI=1S/C20H28ClN6O8P/c1-26-9-2-3-10(26)7-11(6-9)34-20(30)24-16-13-17(25-19(21)23-16)27(8-22-13)18-15(29)14(28)12(35-18)4-5-36(31,32)33/h8-12,14-15,18,28-29H,2-7H2,1H3,(H2,31,32,33)(H,23,24,25,30)/t9-,10+,11+,12-,14?,15?,18-/m1/s1. The normalized spacial score (nSPS) is 32.8. The molecule has 0 radical (unpaired) electrons. The van der Waals surface area contributed by atoms with E-state index in [4.69, 9.17) is 30.9 Å². The maximum atomic E-state index is 12.7. The number of amides is 1. The lowest BCUT2D eigenvalue weighted by Crippen LogP contribution is -2.43. The second-order valence-corrected chi connectivity index (χ2v) is 11.7. The van der Waals surface area contributed by atoms with Gasteiger partial charge in [0, 0.05) is 24.9 Å². The number of carbonyl (C=O) groups excluding carboxylic acids is 1. The topological polar surface area (TPSA) is 192 Å². The van der Waals surface area contributed by atoms with E-state index in [-0.39, 0.29) is 34.8 Å². The molecule has 198 valence electrons. The van der Waals surface area contributed by atoms with Gasteiger partial charge in [-0.15, -0.1) is 0 Å². The number of aliphatic hydroxyl groups is 2. The first kappa shape index (κ1) is 25.7. The summed E-state index contributed by atoms with van der Waals surface area (Å²) in [5.74, 6) is 0.00994. The quantitative estimate of drug-likeness (QED) is 0.253. The van der Waals surface area contributed by atoms with E-state index in [9.17, 15) is 19.6 Å². The zero-order chi connectivity index (χ0) is 25.8. The molecule has 0 aromatic carbocycles. The molecule has 2 bridgehead atoms. The van der Waals surface area contributed by atoms with E-state index in [1.165, 1.54) is 10.9 Å². The molecule has 2 aromatic heterocycles. The molecule has 5 N–H and O–H groups in total. The second kappa shape index (κ2) is 9.76. The van der Waals surface area contributed by atoms with Gasteiger partial charge in [-0.3, -0.25) is 14.4 Å². The van der Waals surface area contributed by atoms with Crippen molar-refractivity contribution < 1.29 is 38.8 Å². The van der Waals surface area contributed by atoms with Crippen LogP contribution in [0.15, 0.2) is 6.33 Å². The first-order valence-electron chi connectivity index (χ1n) is 11.7. The van der Waals surface area contributed by atoms with Crippen LogP contribution >= 0.6 is 19.2 Å². The third-order valence-corrected chi connectivity index (χ3v) is 8.27. The lowest BCUT2D eigenvalue weighted by Gasteiger charge is -2.35. The number of nitrogens with zero attached hydrogens (tertiary/aromatic N) is 5. The number of anilines is 1. The van der Waals surface area contributed by atoms with Crippen LogP contribution in [-0.4, -0.2) is 100 Å². The molecule has 2 unspecified atom stereocenters. The second-order valence-electron chi connectivity index (χ2n) is 9.56. The van der Waals surface area contributed by atoms with Gasteiger partial charge in [0.2, 0.25) is 5.28 Å². The highest BCUT2D eigenvalue weighted by Gasteiger charge is 2.45. The van der Waals surface area contributed by atoms with Gasteiger partial charge in [0.25, 0.3) is 0 Å². The average molecular weight is 547 g/mol. The molecule has 2 aromatic rings. The monoisotopic (exact) mass is 546 g/mol. The molecule has 0 aliphatic carbocycles. The lowest BCUT2D eigenvalue weighted by atomic mass is 10.0. The summed E-state index contributed by atoms with van der Waals surface area (Å²) in [7, 11) is -2.22. The summed E-state index contributed by atoms with van der Waals surface area (Å²) in [4.78, 5) is 45.6. The van der Waals surface area contributed by atoms with Crippen LogP contribution in [0, 0.1) is 0 Å². The Labute approximate surface area is 210 Å². The number of hydrogen-bond donors (Lipinski definition) is 5. The maximum absolute atomic E-state index is 12.7. The van der Waals surface area contributed by atoms with E-state index in [1.807, 2.05) is 0 Å². The average Bonchev–Trinajstić information content (AvgIpc) is 3.38. The number of aliphatic hydroxyl groups excluding tert-OH is 2. The third kappa shape index (κ3) is 5.09. The molecule has 3 aliphatic heterocycles. The van der Waals surface area contributed by atoms with Crippen molar-refractivity contribution in [1.82, 2.24) is 24.4 Å². The van der Waals surface area contributed by atoms with Gasteiger partial charge in [-0.25, -0.2) is 9.78 Å². The number of rotatable bonds is 6. The van der Waals surface area contributed by atoms with Crippen LogP contribution in [0.3, 0.4) is 0 Å². The van der Waals surface area contributed by atoms with Crippen molar-refractivity contribution in [3.63, 3.8) is 0 Å². The largest absolute Gasteiger partial charge is 0.446 e. The zero-order valence-corrected chi connectivity index (χ0v) is 21.0. The maximum Gasteiger partial charge on any atom is 0.413 e. The molecule has 0 spiro atoms. The van der Waals surface area contributed by atoms with Crippen molar-refractivity contribution in [2.45, 2.75) is 74.8 Å². The predicted octanol–water partition coefficient (Wildman–Crippen LogP) is 0.840. The highest BCUT2D eigenvalue weighted by atomic mass is 35.5. The zero-order valence-electron chi connectivity index (χ0n) is 19.3. The summed E-state index contributed by atoms with van der Waals surface area (Å²) < 4.78 is 23.9. The molecular weight excluding hydrogens is 519 g/mol. The third-order valence-electron chi connectivity index (χ3n) is 7.26. The molecule has 0 saturated carbocycles. The number of halogens is 1. The molecule has 5 rings (SSSR count). The van der Waals surface area contributed by atoms with Crippen molar-refractivity contribution in [2.24, 2.45) is 0 Å². The number of carbonyl (C=O) groups is 1. The Morgan fingerprint density at radius 3 is 2.61 bits per heavy atom. The van der Waals surface area contributed by atoms with Crippen molar-refractivity contribution in [2.75, 3.05) is 18.5 Å². The number of aromatic nitrogens is 4. The Morgan fingerprint density at radius 1 is 1.25 bits per heavy atom. The van der Waals surface area contributed by atoms with Crippen LogP contribution in [-0.2, 0) is 14.0 Å². The molecule has 36 heavy (non-hydrogen) atoms. The van der Waals surface area contributed by atoms with Crippen molar-refractivity contribution >= 4 is 42.3 Å². The molecule has 1 amide bonds. The minimum absolute atomic E-state index is 0.00994. The number of piperidine rings is 1.